The number of benzene rings is 1. The molecule has 24 heavy (non-hydrogen) atoms. The van der Waals surface area contributed by atoms with Crippen LogP contribution in [0.5, 0.6) is 0 Å². The van der Waals surface area contributed by atoms with E-state index in [9.17, 15) is 4.79 Å². The Morgan fingerprint density at radius 3 is 2.62 bits per heavy atom. The highest BCUT2D eigenvalue weighted by Crippen LogP contribution is 2.13. The molecule has 122 valence electrons. The van der Waals surface area contributed by atoms with Gasteiger partial charge in [0.1, 0.15) is 11.5 Å². The van der Waals surface area contributed by atoms with Gasteiger partial charge in [0, 0.05) is 24.5 Å². The molecule has 3 rings (SSSR count). The van der Waals surface area contributed by atoms with E-state index in [1.54, 1.807) is 25.3 Å². The summed E-state index contributed by atoms with van der Waals surface area (Å²) in [7, 11) is 0. The maximum absolute atomic E-state index is 12.2. The molecule has 0 bridgehead atoms. The quantitative estimate of drug-likeness (QED) is 0.751. The molecule has 0 aliphatic heterocycles. The number of nitrogens with one attached hydrogen (secondary N) is 2. The zero-order valence-corrected chi connectivity index (χ0v) is 13.5. The summed E-state index contributed by atoms with van der Waals surface area (Å²) < 4.78 is 4.92. The number of amides is 1. The van der Waals surface area contributed by atoms with Gasteiger partial charge in [0.05, 0.1) is 0 Å². The molecule has 0 fully saturated rings. The average Bonchev–Trinajstić information content (AvgIpc) is 2.99. The van der Waals surface area contributed by atoms with Crippen molar-refractivity contribution in [2.24, 2.45) is 0 Å². The largest absolute Gasteiger partial charge is 0.381 e. The third kappa shape index (κ3) is 3.98. The Kier molecular flexibility index (Phi) is 4.56. The summed E-state index contributed by atoms with van der Waals surface area (Å²) in [6, 6.07) is 13.5. The van der Waals surface area contributed by atoms with E-state index < -0.39 is 0 Å². The number of anilines is 2. The number of pyridine rings is 1. The first-order valence-corrected chi connectivity index (χ1v) is 7.60. The predicted molar refractivity (Wildman–Crippen MR) is 91.9 cm³/mol. The van der Waals surface area contributed by atoms with Crippen molar-refractivity contribution in [3.63, 3.8) is 0 Å². The molecule has 2 N–H and O–H groups in total. The smallest absolute Gasteiger partial charge is 0.275 e. The van der Waals surface area contributed by atoms with E-state index in [1.165, 1.54) is 11.1 Å². The number of nitrogens with zero attached hydrogens (tertiary/aromatic N) is 2. The van der Waals surface area contributed by atoms with Gasteiger partial charge in [0.15, 0.2) is 5.82 Å². The van der Waals surface area contributed by atoms with Crippen LogP contribution in [-0.4, -0.2) is 16.0 Å². The third-order valence-electron chi connectivity index (χ3n) is 3.48. The first-order chi connectivity index (χ1) is 11.6. The number of rotatable bonds is 5. The SMILES string of the molecule is Cc1ccc(CNc2ccnc(C(=O)Nc3cc(C)on3)c2)cc1. The molecule has 0 unspecified atom stereocenters. The molecule has 1 amide bonds. The highest BCUT2D eigenvalue weighted by Gasteiger charge is 2.10. The number of hydrogen-bond donors (Lipinski definition) is 2. The Hall–Kier alpha value is -3.15. The van der Waals surface area contributed by atoms with Crippen LogP contribution in [0.2, 0.25) is 0 Å². The van der Waals surface area contributed by atoms with E-state index in [0.29, 0.717) is 23.8 Å². The summed E-state index contributed by atoms with van der Waals surface area (Å²) >= 11 is 0. The summed E-state index contributed by atoms with van der Waals surface area (Å²) in [5.41, 5.74) is 3.53. The van der Waals surface area contributed by atoms with Crippen molar-refractivity contribution >= 4 is 17.4 Å². The number of hydrogen-bond acceptors (Lipinski definition) is 5. The number of carbonyl (C=O) groups excluding carboxylic acids is 1. The van der Waals surface area contributed by atoms with Crippen molar-refractivity contribution in [2.45, 2.75) is 20.4 Å². The highest BCUT2D eigenvalue weighted by atomic mass is 16.5. The Bertz CT molecular complexity index is 840. The van der Waals surface area contributed by atoms with E-state index in [1.807, 2.05) is 6.07 Å². The summed E-state index contributed by atoms with van der Waals surface area (Å²) in [4.78, 5) is 16.3. The molecule has 2 aromatic heterocycles. The van der Waals surface area contributed by atoms with Gasteiger partial charge in [-0.2, -0.15) is 0 Å². The minimum absolute atomic E-state index is 0.310. The molecule has 0 aliphatic carbocycles. The molecule has 0 radical (unpaired) electrons. The van der Waals surface area contributed by atoms with Crippen molar-refractivity contribution in [1.29, 1.82) is 0 Å². The van der Waals surface area contributed by atoms with Crippen LogP contribution in [0.4, 0.5) is 11.5 Å². The monoisotopic (exact) mass is 322 g/mol. The fourth-order valence-electron chi connectivity index (χ4n) is 2.18. The molecule has 0 spiro atoms. The lowest BCUT2D eigenvalue weighted by Gasteiger charge is -2.08. The topological polar surface area (TPSA) is 80.0 Å². The average molecular weight is 322 g/mol. The van der Waals surface area contributed by atoms with Gasteiger partial charge in [-0.05, 0) is 31.5 Å². The molecule has 6 heteroatoms. The van der Waals surface area contributed by atoms with Crippen LogP contribution >= 0.6 is 0 Å². The van der Waals surface area contributed by atoms with Crippen LogP contribution in [-0.2, 0) is 6.54 Å². The summed E-state index contributed by atoms with van der Waals surface area (Å²) in [6.07, 6.45) is 1.60. The second kappa shape index (κ2) is 6.95. The van der Waals surface area contributed by atoms with E-state index in [0.717, 1.165) is 5.69 Å². The fourth-order valence-corrected chi connectivity index (χ4v) is 2.18. The van der Waals surface area contributed by atoms with Crippen LogP contribution in [0.15, 0.2) is 53.2 Å². The van der Waals surface area contributed by atoms with Crippen LogP contribution in [0.25, 0.3) is 0 Å². The van der Waals surface area contributed by atoms with Gasteiger partial charge in [-0.3, -0.25) is 9.78 Å². The molecule has 1 aromatic carbocycles. The lowest BCUT2D eigenvalue weighted by atomic mass is 10.1. The van der Waals surface area contributed by atoms with Crippen molar-refractivity contribution in [3.05, 3.63) is 71.2 Å². The summed E-state index contributed by atoms with van der Waals surface area (Å²) in [5.74, 6) is 0.673. The van der Waals surface area contributed by atoms with Crippen LogP contribution < -0.4 is 10.6 Å². The number of carbonyl (C=O) groups is 1. The normalized spacial score (nSPS) is 10.4. The van der Waals surface area contributed by atoms with Crippen LogP contribution in [0.3, 0.4) is 0 Å². The van der Waals surface area contributed by atoms with E-state index in [2.05, 4.69) is 52.0 Å². The molecule has 0 saturated heterocycles. The Balaban J connectivity index is 1.64. The standard InChI is InChI=1S/C18H18N4O2/c1-12-3-5-14(6-4-12)11-20-15-7-8-19-16(10-15)18(23)21-17-9-13(2)24-22-17/h3-10H,11H2,1-2H3,(H,19,20)(H,21,22,23). The number of aryl methyl sites for hydroxylation is 2. The van der Waals surface area contributed by atoms with Crippen LogP contribution in [0.1, 0.15) is 27.4 Å². The summed E-state index contributed by atoms with van der Waals surface area (Å²) in [6.45, 7) is 4.49. The lowest BCUT2D eigenvalue weighted by Crippen LogP contribution is -2.14. The van der Waals surface area contributed by atoms with Crippen molar-refractivity contribution in [2.75, 3.05) is 10.6 Å². The Labute approximate surface area is 139 Å². The molecule has 6 nitrogen and oxygen atoms in total. The predicted octanol–water partition coefficient (Wildman–Crippen LogP) is 3.55. The van der Waals surface area contributed by atoms with Gasteiger partial charge in [0.25, 0.3) is 5.91 Å². The Morgan fingerprint density at radius 1 is 1.12 bits per heavy atom. The zero-order valence-electron chi connectivity index (χ0n) is 13.5. The molecule has 0 saturated carbocycles. The Morgan fingerprint density at radius 2 is 1.92 bits per heavy atom. The van der Waals surface area contributed by atoms with Crippen molar-refractivity contribution in [1.82, 2.24) is 10.1 Å². The van der Waals surface area contributed by atoms with Crippen LogP contribution in [0, 0.1) is 13.8 Å². The molecule has 2 heterocycles. The third-order valence-corrected chi connectivity index (χ3v) is 3.48. The lowest BCUT2D eigenvalue weighted by molar-refractivity contribution is 0.102. The molecule has 3 aromatic rings. The molecular weight excluding hydrogens is 304 g/mol. The first kappa shape index (κ1) is 15.7. The van der Waals surface area contributed by atoms with Crippen molar-refractivity contribution < 1.29 is 9.32 Å². The maximum Gasteiger partial charge on any atom is 0.275 e. The zero-order chi connectivity index (χ0) is 16.9. The van der Waals surface area contributed by atoms with Crippen molar-refractivity contribution in [3.8, 4) is 0 Å². The number of aromatic nitrogens is 2. The van der Waals surface area contributed by atoms with E-state index in [4.69, 9.17) is 4.52 Å². The van der Waals surface area contributed by atoms with Gasteiger partial charge in [-0.1, -0.05) is 35.0 Å². The molecular formula is C18H18N4O2. The molecule has 0 aliphatic rings. The van der Waals surface area contributed by atoms with Gasteiger partial charge < -0.3 is 15.2 Å². The van der Waals surface area contributed by atoms with Gasteiger partial charge in [-0.15, -0.1) is 0 Å². The van der Waals surface area contributed by atoms with Gasteiger partial charge in [-0.25, -0.2) is 0 Å². The fraction of sp³-hybridized carbons (Fsp3) is 0.167. The molecule has 0 atom stereocenters. The van der Waals surface area contributed by atoms with E-state index >= 15 is 0 Å². The van der Waals surface area contributed by atoms with Gasteiger partial charge in [0.2, 0.25) is 0 Å². The van der Waals surface area contributed by atoms with E-state index in [-0.39, 0.29) is 5.91 Å². The first-order valence-electron chi connectivity index (χ1n) is 7.60. The maximum atomic E-state index is 12.2. The second-order valence-electron chi connectivity index (χ2n) is 5.55. The minimum Gasteiger partial charge on any atom is -0.381 e. The minimum atomic E-state index is -0.331. The summed E-state index contributed by atoms with van der Waals surface area (Å²) in [5, 5.41) is 9.68. The highest BCUT2D eigenvalue weighted by molar-refractivity contribution is 6.02. The second-order valence-corrected chi connectivity index (χ2v) is 5.55. The van der Waals surface area contributed by atoms with Gasteiger partial charge >= 0.3 is 0 Å².